The fraction of sp³-hybridized carbons (Fsp3) is 0.706. The van der Waals surface area contributed by atoms with Gasteiger partial charge in [0.15, 0.2) is 0 Å². The van der Waals surface area contributed by atoms with Gasteiger partial charge in [0.05, 0.1) is 25.1 Å². The van der Waals surface area contributed by atoms with E-state index in [1.807, 2.05) is 4.90 Å². The number of likely N-dealkylation sites (tertiary alicyclic amines) is 1. The Bertz CT molecular complexity index is 673. The predicted molar refractivity (Wildman–Crippen MR) is 92.7 cm³/mol. The number of amides is 1. The van der Waals surface area contributed by atoms with E-state index in [4.69, 9.17) is 4.74 Å². The lowest BCUT2D eigenvalue weighted by Crippen LogP contribution is -2.63. The van der Waals surface area contributed by atoms with E-state index in [9.17, 15) is 9.59 Å². The van der Waals surface area contributed by atoms with E-state index in [0.29, 0.717) is 6.04 Å². The molecule has 0 aromatic carbocycles. The topological polar surface area (TPSA) is 70.9 Å². The van der Waals surface area contributed by atoms with E-state index in [2.05, 4.69) is 14.9 Å². The Kier molecular flexibility index (Phi) is 4.72. The fourth-order valence-electron chi connectivity index (χ4n) is 3.75. The van der Waals surface area contributed by atoms with E-state index in [-0.39, 0.29) is 18.0 Å². The molecule has 0 aliphatic carbocycles. The molecule has 8 nitrogen and oxygen atoms in total. The third kappa shape index (κ3) is 3.55. The van der Waals surface area contributed by atoms with Crippen molar-refractivity contribution in [1.29, 1.82) is 0 Å². The lowest BCUT2D eigenvalue weighted by molar-refractivity contribution is -0.141. The summed E-state index contributed by atoms with van der Waals surface area (Å²) in [5.41, 5.74) is 0.658. The van der Waals surface area contributed by atoms with E-state index in [1.54, 1.807) is 12.3 Å². The van der Waals surface area contributed by atoms with Crippen LogP contribution in [0.15, 0.2) is 17.1 Å². The first-order chi connectivity index (χ1) is 12.2. The number of ether oxygens (including phenoxy) is 1. The van der Waals surface area contributed by atoms with Crippen LogP contribution in [0, 0.1) is 0 Å². The standard InChI is InChI=1S/C17H25N5O3/c23-16-9-14(19-3-1-2-4-19)10-18-22(16)13-17(24)21-11-15(12-21)20-5-7-25-8-6-20/h9-10,15H,1-8,11-13H2. The molecule has 0 saturated carbocycles. The maximum absolute atomic E-state index is 12.4. The molecule has 0 N–H and O–H groups in total. The van der Waals surface area contributed by atoms with Gasteiger partial charge in [-0.3, -0.25) is 14.5 Å². The third-order valence-corrected chi connectivity index (χ3v) is 5.39. The van der Waals surface area contributed by atoms with E-state index < -0.39 is 0 Å². The van der Waals surface area contributed by atoms with Crippen LogP contribution in [0.4, 0.5) is 5.69 Å². The predicted octanol–water partition coefficient (Wildman–Crippen LogP) is -0.613. The molecule has 0 radical (unpaired) electrons. The maximum atomic E-state index is 12.4. The van der Waals surface area contributed by atoms with Crippen molar-refractivity contribution in [3.63, 3.8) is 0 Å². The molecular weight excluding hydrogens is 322 g/mol. The minimum atomic E-state index is -0.206. The second-order valence-electron chi connectivity index (χ2n) is 7.00. The van der Waals surface area contributed by atoms with Gasteiger partial charge in [-0.25, -0.2) is 4.68 Å². The highest BCUT2D eigenvalue weighted by Crippen LogP contribution is 2.18. The van der Waals surface area contributed by atoms with Crippen LogP contribution in [0.25, 0.3) is 0 Å². The molecule has 0 bridgehead atoms. The molecule has 3 fully saturated rings. The molecule has 4 heterocycles. The number of aromatic nitrogens is 2. The normalized spacial score (nSPS) is 22.2. The monoisotopic (exact) mass is 347 g/mol. The first-order valence-electron chi connectivity index (χ1n) is 9.12. The third-order valence-electron chi connectivity index (χ3n) is 5.39. The Morgan fingerprint density at radius 2 is 1.88 bits per heavy atom. The number of carbonyl (C=O) groups is 1. The van der Waals surface area contributed by atoms with Crippen molar-refractivity contribution in [3.8, 4) is 0 Å². The molecule has 136 valence electrons. The molecule has 3 saturated heterocycles. The van der Waals surface area contributed by atoms with Gasteiger partial charge in [0, 0.05) is 51.4 Å². The Morgan fingerprint density at radius 3 is 2.56 bits per heavy atom. The zero-order valence-electron chi connectivity index (χ0n) is 14.5. The summed E-state index contributed by atoms with van der Waals surface area (Å²) in [5, 5.41) is 4.20. The maximum Gasteiger partial charge on any atom is 0.269 e. The highest BCUT2D eigenvalue weighted by Gasteiger charge is 2.35. The lowest BCUT2D eigenvalue weighted by atomic mass is 10.1. The molecule has 0 unspecified atom stereocenters. The van der Waals surface area contributed by atoms with Crippen LogP contribution in [-0.4, -0.2) is 84.0 Å². The number of rotatable bonds is 4. The summed E-state index contributed by atoms with van der Waals surface area (Å²) in [7, 11) is 0. The van der Waals surface area contributed by atoms with Gasteiger partial charge in [0.2, 0.25) is 5.91 Å². The first-order valence-corrected chi connectivity index (χ1v) is 9.12. The summed E-state index contributed by atoms with van der Waals surface area (Å²) in [4.78, 5) is 31.0. The number of anilines is 1. The second kappa shape index (κ2) is 7.13. The van der Waals surface area contributed by atoms with Gasteiger partial charge in [-0.15, -0.1) is 0 Å². The van der Waals surface area contributed by atoms with Crippen LogP contribution in [0.3, 0.4) is 0 Å². The van der Waals surface area contributed by atoms with Crippen molar-refractivity contribution < 1.29 is 9.53 Å². The molecule has 3 aliphatic rings. The number of morpholine rings is 1. The minimum Gasteiger partial charge on any atom is -0.379 e. The van der Waals surface area contributed by atoms with Crippen LogP contribution in [0.2, 0.25) is 0 Å². The molecule has 4 rings (SSSR count). The van der Waals surface area contributed by atoms with E-state index >= 15 is 0 Å². The molecule has 3 aliphatic heterocycles. The summed E-state index contributed by atoms with van der Waals surface area (Å²) in [6.45, 7) is 6.85. The second-order valence-corrected chi connectivity index (χ2v) is 7.00. The van der Waals surface area contributed by atoms with Gasteiger partial charge in [0.1, 0.15) is 6.54 Å². The van der Waals surface area contributed by atoms with Gasteiger partial charge in [0.25, 0.3) is 5.56 Å². The summed E-state index contributed by atoms with van der Waals surface area (Å²) in [6.07, 6.45) is 4.01. The van der Waals surface area contributed by atoms with Gasteiger partial charge in [-0.2, -0.15) is 5.10 Å². The Balaban J connectivity index is 1.31. The molecular formula is C17H25N5O3. The van der Waals surface area contributed by atoms with Gasteiger partial charge >= 0.3 is 0 Å². The van der Waals surface area contributed by atoms with Crippen molar-refractivity contribution >= 4 is 11.6 Å². The van der Waals surface area contributed by atoms with E-state index in [1.165, 1.54) is 4.68 Å². The molecule has 0 atom stereocenters. The summed E-state index contributed by atoms with van der Waals surface area (Å²) in [6, 6.07) is 2.02. The molecule has 1 aromatic rings. The van der Waals surface area contributed by atoms with Crippen molar-refractivity contribution in [3.05, 3.63) is 22.6 Å². The van der Waals surface area contributed by atoms with Crippen LogP contribution in [0.5, 0.6) is 0 Å². The average Bonchev–Trinajstić information content (AvgIpc) is 3.11. The molecule has 0 spiro atoms. The smallest absolute Gasteiger partial charge is 0.269 e. The van der Waals surface area contributed by atoms with Crippen molar-refractivity contribution in [2.75, 3.05) is 57.4 Å². The van der Waals surface area contributed by atoms with Crippen molar-refractivity contribution in [2.24, 2.45) is 0 Å². The minimum absolute atomic E-state index is 0.0228. The molecule has 1 amide bonds. The zero-order chi connectivity index (χ0) is 17.2. The van der Waals surface area contributed by atoms with Crippen molar-refractivity contribution in [2.45, 2.75) is 25.4 Å². The van der Waals surface area contributed by atoms with Crippen LogP contribution in [-0.2, 0) is 16.1 Å². The highest BCUT2D eigenvalue weighted by atomic mass is 16.5. The molecule has 8 heteroatoms. The lowest BCUT2D eigenvalue weighted by Gasteiger charge is -2.46. The molecule has 1 aromatic heterocycles. The number of hydrogen-bond acceptors (Lipinski definition) is 6. The largest absolute Gasteiger partial charge is 0.379 e. The van der Waals surface area contributed by atoms with Crippen molar-refractivity contribution in [1.82, 2.24) is 19.6 Å². The van der Waals surface area contributed by atoms with Crippen LogP contribution in [0.1, 0.15) is 12.8 Å². The van der Waals surface area contributed by atoms with E-state index in [0.717, 1.165) is 71.0 Å². The van der Waals surface area contributed by atoms with Crippen LogP contribution >= 0.6 is 0 Å². The van der Waals surface area contributed by atoms with Gasteiger partial charge < -0.3 is 14.5 Å². The van der Waals surface area contributed by atoms with Gasteiger partial charge in [-0.05, 0) is 12.8 Å². The number of carbonyl (C=O) groups excluding carboxylic acids is 1. The first kappa shape index (κ1) is 16.5. The SMILES string of the molecule is O=C(Cn1ncc(N2CCCC2)cc1=O)N1CC(N2CCOCC2)C1. The van der Waals surface area contributed by atoms with Crippen LogP contribution < -0.4 is 10.5 Å². The fourth-order valence-corrected chi connectivity index (χ4v) is 3.75. The quantitative estimate of drug-likeness (QED) is 0.723. The molecule has 25 heavy (non-hydrogen) atoms. The summed E-state index contributed by atoms with van der Waals surface area (Å²) >= 11 is 0. The Hall–Kier alpha value is -1.93. The van der Waals surface area contributed by atoms with Gasteiger partial charge in [-0.1, -0.05) is 0 Å². The Morgan fingerprint density at radius 1 is 1.16 bits per heavy atom. The zero-order valence-corrected chi connectivity index (χ0v) is 14.5. The Labute approximate surface area is 146 Å². The highest BCUT2D eigenvalue weighted by molar-refractivity contribution is 5.77. The summed E-state index contributed by atoms with van der Waals surface area (Å²) < 4.78 is 6.63. The number of nitrogens with zero attached hydrogens (tertiary/aromatic N) is 5. The summed E-state index contributed by atoms with van der Waals surface area (Å²) in [5.74, 6) is -0.0342. The number of hydrogen-bond donors (Lipinski definition) is 0. The average molecular weight is 347 g/mol.